The first kappa shape index (κ1) is 12.7. The van der Waals surface area contributed by atoms with E-state index in [4.69, 9.17) is 0 Å². The molecule has 18 heavy (non-hydrogen) atoms. The van der Waals surface area contributed by atoms with Crippen molar-refractivity contribution in [2.45, 2.75) is 46.8 Å². The minimum absolute atomic E-state index is 0.788. The Morgan fingerprint density at radius 1 is 1.33 bits per heavy atom. The fraction of sp³-hybridized carbons (Fsp3) is 0.538. The van der Waals surface area contributed by atoms with Gasteiger partial charge >= 0.3 is 0 Å². The summed E-state index contributed by atoms with van der Waals surface area (Å²) < 4.78 is 3.99. The molecule has 1 N–H and O–H groups in total. The first-order valence-electron chi connectivity index (χ1n) is 6.52. The van der Waals surface area contributed by atoms with Crippen LogP contribution >= 0.6 is 0 Å². The number of nitrogens with one attached hydrogen (secondary N) is 1. The lowest BCUT2D eigenvalue weighted by Gasteiger charge is -2.06. The lowest BCUT2D eigenvalue weighted by Crippen LogP contribution is -2.08. The predicted octanol–water partition coefficient (Wildman–Crippen LogP) is 2.43. The van der Waals surface area contributed by atoms with Crippen molar-refractivity contribution in [2.75, 3.05) is 5.32 Å². The average molecular weight is 247 g/mol. The molecule has 2 rings (SSSR count). The number of aryl methyl sites for hydroxylation is 3. The van der Waals surface area contributed by atoms with Gasteiger partial charge in [0.05, 0.1) is 29.8 Å². The second-order valence-corrected chi connectivity index (χ2v) is 4.44. The van der Waals surface area contributed by atoms with Gasteiger partial charge in [0, 0.05) is 19.3 Å². The van der Waals surface area contributed by atoms with Crippen molar-refractivity contribution in [2.24, 2.45) is 0 Å². The lowest BCUT2D eigenvalue weighted by atomic mass is 10.3. The number of rotatable bonds is 6. The Kier molecular flexibility index (Phi) is 4.02. The standard InChI is InChI=1S/C13H21N5/c1-4-6-18-13(7-11(3)16-18)9-14-12-8-15-17(5-2)10-12/h7-8,10,14H,4-6,9H2,1-3H3. The molecule has 0 amide bonds. The van der Waals surface area contributed by atoms with Crippen LogP contribution in [0.2, 0.25) is 0 Å². The molecule has 5 nitrogen and oxygen atoms in total. The Balaban J connectivity index is 2.00. The molecular weight excluding hydrogens is 226 g/mol. The van der Waals surface area contributed by atoms with Crippen molar-refractivity contribution in [3.63, 3.8) is 0 Å². The van der Waals surface area contributed by atoms with E-state index in [2.05, 4.69) is 40.1 Å². The monoisotopic (exact) mass is 247 g/mol. The van der Waals surface area contributed by atoms with Gasteiger partial charge < -0.3 is 5.32 Å². The van der Waals surface area contributed by atoms with Gasteiger partial charge in [-0.2, -0.15) is 10.2 Å². The molecule has 0 aliphatic carbocycles. The largest absolute Gasteiger partial charge is 0.377 e. The molecule has 2 heterocycles. The quantitative estimate of drug-likeness (QED) is 0.853. The molecule has 0 saturated carbocycles. The highest BCUT2D eigenvalue weighted by atomic mass is 15.3. The third-order valence-electron chi connectivity index (χ3n) is 2.85. The topological polar surface area (TPSA) is 47.7 Å². The number of hydrogen-bond donors (Lipinski definition) is 1. The van der Waals surface area contributed by atoms with Crippen LogP contribution < -0.4 is 5.32 Å². The van der Waals surface area contributed by atoms with Gasteiger partial charge in [-0.05, 0) is 26.3 Å². The minimum atomic E-state index is 0.788. The van der Waals surface area contributed by atoms with Crippen LogP contribution in [0, 0.1) is 6.92 Å². The summed E-state index contributed by atoms with van der Waals surface area (Å²) in [4.78, 5) is 0. The van der Waals surface area contributed by atoms with E-state index in [9.17, 15) is 0 Å². The Hall–Kier alpha value is -1.78. The van der Waals surface area contributed by atoms with Crippen molar-refractivity contribution in [1.82, 2.24) is 19.6 Å². The van der Waals surface area contributed by atoms with Gasteiger partial charge in [0.25, 0.3) is 0 Å². The number of nitrogens with zero attached hydrogens (tertiary/aromatic N) is 4. The van der Waals surface area contributed by atoms with Crippen molar-refractivity contribution in [1.29, 1.82) is 0 Å². The Labute approximate surface area is 108 Å². The van der Waals surface area contributed by atoms with Crippen LogP contribution in [0.25, 0.3) is 0 Å². The van der Waals surface area contributed by atoms with Gasteiger partial charge in [0.1, 0.15) is 0 Å². The highest BCUT2D eigenvalue weighted by Gasteiger charge is 2.05. The first-order valence-corrected chi connectivity index (χ1v) is 6.52. The molecule has 0 fully saturated rings. The van der Waals surface area contributed by atoms with Crippen LogP contribution in [0.3, 0.4) is 0 Å². The zero-order chi connectivity index (χ0) is 13.0. The molecular formula is C13H21N5. The summed E-state index contributed by atoms with van der Waals surface area (Å²) in [6.07, 6.45) is 4.98. The predicted molar refractivity (Wildman–Crippen MR) is 72.5 cm³/mol. The Morgan fingerprint density at radius 3 is 2.83 bits per heavy atom. The molecule has 0 saturated heterocycles. The fourth-order valence-corrected chi connectivity index (χ4v) is 1.97. The minimum Gasteiger partial charge on any atom is -0.377 e. The molecule has 0 atom stereocenters. The molecule has 0 aliphatic heterocycles. The van der Waals surface area contributed by atoms with Gasteiger partial charge in [0.2, 0.25) is 0 Å². The normalized spacial score (nSPS) is 10.8. The summed E-state index contributed by atoms with van der Waals surface area (Å²) in [5.74, 6) is 0. The molecule has 2 aromatic rings. The van der Waals surface area contributed by atoms with Crippen molar-refractivity contribution >= 4 is 5.69 Å². The number of hydrogen-bond acceptors (Lipinski definition) is 3. The molecule has 0 radical (unpaired) electrons. The maximum Gasteiger partial charge on any atom is 0.0729 e. The van der Waals surface area contributed by atoms with E-state index in [0.717, 1.165) is 37.4 Å². The average Bonchev–Trinajstić information content (AvgIpc) is 2.94. The van der Waals surface area contributed by atoms with Crippen LogP contribution in [0.4, 0.5) is 5.69 Å². The molecule has 5 heteroatoms. The lowest BCUT2D eigenvalue weighted by molar-refractivity contribution is 0.575. The molecule has 2 aromatic heterocycles. The molecule has 98 valence electrons. The summed E-state index contributed by atoms with van der Waals surface area (Å²) in [5, 5.41) is 12.1. The van der Waals surface area contributed by atoms with E-state index in [1.165, 1.54) is 5.69 Å². The second-order valence-electron chi connectivity index (χ2n) is 4.44. The van der Waals surface area contributed by atoms with Gasteiger partial charge in [0.15, 0.2) is 0 Å². The van der Waals surface area contributed by atoms with Crippen LogP contribution in [0.1, 0.15) is 31.7 Å². The Morgan fingerprint density at radius 2 is 2.17 bits per heavy atom. The third-order valence-corrected chi connectivity index (χ3v) is 2.85. The van der Waals surface area contributed by atoms with Gasteiger partial charge in [-0.25, -0.2) is 0 Å². The highest BCUT2D eigenvalue weighted by molar-refractivity contribution is 5.38. The summed E-state index contributed by atoms with van der Waals surface area (Å²) in [7, 11) is 0. The summed E-state index contributed by atoms with van der Waals surface area (Å²) in [6.45, 7) is 8.94. The van der Waals surface area contributed by atoms with E-state index in [1.54, 1.807) is 0 Å². The first-order chi connectivity index (χ1) is 8.72. The van der Waals surface area contributed by atoms with E-state index < -0.39 is 0 Å². The molecule has 0 spiro atoms. The van der Waals surface area contributed by atoms with Crippen molar-refractivity contribution in [3.05, 3.63) is 29.8 Å². The van der Waals surface area contributed by atoms with E-state index >= 15 is 0 Å². The Bertz CT molecular complexity index is 497. The maximum atomic E-state index is 4.49. The molecule has 0 aromatic carbocycles. The highest BCUT2D eigenvalue weighted by Crippen LogP contribution is 2.10. The SMILES string of the molecule is CCCn1nc(C)cc1CNc1cnn(CC)c1. The third kappa shape index (κ3) is 2.91. The van der Waals surface area contributed by atoms with Crippen LogP contribution in [0.5, 0.6) is 0 Å². The number of anilines is 1. The van der Waals surface area contributed by atoms with Crippen LogP contribution in [0.15, 0.2) is 18.5 Å². The van der Waals surface area contributed by atoms with Crippen molar-refractivity contribution in [3.8, 4) is 0 Å². The number of aromatic nitrogens is 4. The van der Waals surface area contributed by atoms with Gasteiger partial charge in [-0.1, -0.05) is 6.92 Å². The fourth-order valence-electron chi connectivity index (χ4n) is 1.97. The van der Waals surface area contributed by atoms with Gasteiger partial charge in [-0.15, -0.1) is 0 Å². The second kappa shape index (κ2) is 5.71. The maximum absolute atomic E-state index is 4.49. The molecule has 0 bridgehead atoms. The van der Waals surface area contributed by atoms with Crippen LogP contribution in [-0.2, 0) is 19.6 Å². The molecule has 0 unspecified atom stereocenters. The summed E-state index contributed by atoms with van der Waals surface area (Å²) in [5.41, 5.74) is 3.35. The van der Waals surface area contributed by atoms with Crippen LogP contribution in [-0.4, -0.2) is 19.6 Å². The zero-order valence-electron chi connectivity index (χ0n) is 11.3. The van der Waals surface area contributed by atoms with E-state index in [-0.39, 0.29) is 0 Å². The van der Waals surface area contributed by atoms with Gasteiger partial charge in [-0.3, -0.25) is 9.36 Å². The zero-order valence-corrected chi connectivity index (χ0v) is 11.3. The van der Waals surface area contributed by atoms with E-state index in [1.807, 2.05) is 24.0 Å². The van der Waals surface area contributed by atoms with Crippen molar-refractivity contribution < 1.29 is 0 Å². The molecule has 0 aliphatic rings. The summed E-state index contributed by atoms with van der Waals surface area (Å²) in [6, 6.07) is 2.13. The van der Waals surface area contributed by atoms with E-state index in [0.29, 0.717) is 0 Å². The summed E-state index contributed by atoms with van der Waals surface area (Å²) >= 11 is 0. The smallest absolute Gasteiger partial charge is 0.0729 e.